The van der Waals surface area contributed by atoms with Gasteiger partial charge in [0.15, 0.2) is 0 Å². The normalized spacial score (nSPS) is 18.3. The van der Waals surface area contributed by atoms with Crippen molar-refractivity contribution in [2.45, 2.75) is 18.4 Å². The molecule has 0 saturated carbocycles. The van der Waals surface area contributed by atoms with Crippen molar-refractivity contribution >= 4 is 18.9 Å². The molecule has 0 aliphatic carbocycles. The van der Waals surface area contributed by atoms with E-state index in [4.69, 9.17) is 24.5 Å². The van der Waals surface area contributed by atoms with E-state index in [0.29, 0.717) is 13.1 Å². The number of nitrogens with zero attached hydrogens (tertiary/aromatic N) is 3. The Morgan fingerprint density at radius 1 is 1.22 bits per heavy atom. The van der Waals surface area contributed by atoms with Crippen LogP contribution in [-0.2, 0) is 14.3 Å². The van der Waals surface area contributed by atoms with Gasteiger partial charge in [-0.25, -0.2) is 0 Å². The van der Waals surface area contributed by atoms with Gasteiger partial charge in [0.05, 0.1) is 12.4 Å². The largest absolute Gasteiger partial charge is 0.483 e. The molecule has 1 aromatic rings. The third-order valence-corrected chi connectivity index (χ3v) is 4.59. The van der Waals surface area contributed by atoms with Crippen LogP contribution in [0.3, 0.4) is 0 Å². The number of amides is 1. The molecule has 3 heterocycles. The van der Waals surface area contributed by atoms with Crippen LogP contribution in [-0.4, -0.2) is 94.3 Å². The molecule has 27 heavy (non-hydrogen) atoms. The van der Waals surface area contributed by atoms with Gasteiger partial charge in [-0.2, -0.15) is 0 Å². The van der Waals surface area contributed by atoms with Gasteiger partial charge in [0.25, 0.3) is 24.4 Å². The molecule has 1 amide bonds. The number of carbonyl (C=O) groups is 3. The first-order valence-corrected chi connectivity index (χ1v) is 8.22. The summed E-state index contributed by atoms with van der Waals surface area (Å²) in [4.78, 5) is 51.1. The van der Waals surface area contributed by atoms with Gasteiger partial charge in [-0.15, -0.1) is 0 Å². The molecule has 0 unspecified atom stereocenters. The third kappa shape index (κ3) is 6.15. The van der Waals surface area contributed by atoms with E-state index in [9.17, 15) is 9.59 Å². The summed E-state index contributed by atoms with van der Waals surface area (Å²) in [5, 5.41) is 13.8. The lowest BCUT2D eigenvalue weighted by Crippen LogP contribution is -2.63. The molecule has 2 aliphatic rings. The molecule has 0 bridgehead atoms. The van der Waals surface area contributed by atoms with Crippen molar-refractivity contribution < 1.29 is 29.3 Å². The maximum Gasteiger partial charge on any atom is 0.290 e. The standard InChI is InChI=1S/C14H20N4O3.2CH2O2/c1-17-4-5-18(10-14(17)2-6-21-7-3-14)13(20)11-8-15-9-12(19)16-11;2*2-1-3/h8-9H,2-7,10H2,1H3,(H,16,19);2*1H,(H,2,3). The van der Waals surface area contributed by atoms with Crippen molar-refractivity contribution in [2.75, 3.05) is 39.9 Å². The predicted octanol–water partition coefficient (Wildman–Crippen LogP) is -0.892. The highest BCUT2D eigenvalue weighted by atomic mass is 16.5. The summed E-state index contributed by atoms with van der Waals surface area (Å²) in [6.07, 6.45) is 4.44. The summed E-state index contributed by atoms with van der Waals surface area (Å²) in [6.45, 7) is 3.12. The molecule has 11 nitrogen and oxygen atoms in total. The summed E-state index contributed by atoms with van der Waals surface area (Å²) in [6, 6.07) is 0. The van der Waals surface area contributed by atoms with E-state index >= 15 is 0 Å². The zero-order chi connectivity index (χ0) is 20.3. The van der Waals surface area contributed by atoms with E-state index in [1.807, 2.05) is 4.90 Å². The minimum Gasteiger partial charge on any atom is -0.483 e. The monoisotopic (exact) mass is 384 g/mol. The van der Waals surface area contributed by atoms with Crippen molar-refractivity contribution in [3.05, 3.63) is 28.4 Å². The first kappa shape index (κ1) is 22.3. The van der Waals surface area contributed by atoms with Crippen LogP contribution in [0.15, 0.2) is 17.2 Å². The van der Waals surface area contributed by atoms with Gasteiger partial charge in [0.1, 0.15) is 5.69 Å². The zero-order valence-electron chi connectivity index (χ0n) is 15.0. The van der Waals surface area contributed by atoms with E-state index in [1.165, 1.54) is 12.4 Å². The molecule has 150 valence electrons. The maximum atomic E-state index is 12.6. The van der Waals surface area contributed by atoms with Crippen LogP contribution in [0.2, 0.25) is 0 Å². The first-order valence-electron chi connectivity index (χ1n) is 8.22. The Bertz CT molecular complexity index is 667. The summed E-state index contributed by atoms with van der Waals surface area (Å²) < 4.78 is 5.45. The molecular weight excluding hydrogens is 360 g/mol. The fourth-order valence-corrected chi connectivity index (χ4v) is 3.18. The SMILES string of the molecule is CN1CCN(C(=O)c2cncc(=O)[nH]2)CC12CCOCC2.O=CO.O=CO. The van der Waals surface area contributed by atoms with Gasteiger partial charge in [-0.3, -0.25) is 29.1 Å². The number of hydrogen-bond acceptors (Lipinski definition) is 7. The number of rotatable bonds is 1. The lowest BCUT2D eigenvalue weighted by Gasteiger charge is -2.51. The Kier molecular flexibility index (Phi) is 9.09. The van der Waals surface area contributed by atoms with Gasteiger partial charge in [0.2, 0.25) is 0 Å². The lowest BCUT2D eigenvalue weighted by atomic mass is 9.86. The summed E-state index contributed by atoms with van der Waals surface area (Å²) in [7, 11) is 2.11. The van der Waals surface area contributed by atoms with Crippen LogP contribution < -0.4 is 5.56 Å². The van der Waals surface area contributed by atoms with Gasteiger partial charge in [-0.1, -0.05) is 0 Å². The number of nitrogens with one attached hydrogen (secondary N) is 1. The van der Waals surface area contributed by atoms with Crippen molar-refractivity contribution in [3.63, 3.8) is 0 Å². The fraction of sp³-hybridized carbons (Fsp3) is 0.562. The van der Waals surface area contributed by atoms with Crippen molar-refractivity contribution in [1.29, 1.82) is 0 Å². The number of aromatic nitrogens is 2. The van der Waals surface area contributed by atoms with Crippen LogP contribution >= 0.6 is 0 Å². The van der Waals surface area contributed by atoms with Gasteiger partial charge < -0.3 is 24.8 Å². The predicted molar refractivity (Wildman–Crippen MR) is 93.6 cm³/mol. The molecule has 0 radical (unpaired) electrons. The van der Waals surface area contributed by atoms with Gasteiger partial charge in [-0.05, 0) is 19.9 Å². The molecule has 2 fully saturated rings. The highest BCUT2D eigenvalue weighted by Gasteiger charge is 2.42. The molecule has 11 heteroatoms. The van der Waals surface area contributed by atoms with Crippen LogP contribution in [0, 0.1) is 0 Å². The molecule has 2 aliphatic heterocycles. The maximum absolute atomic E-state index is 12.6. The van der Waals surface area contributed by atoms with Crippen molar-refractivity contribution in [1.82, 2.24) is 19.8 Å². The highest BCUT2D eigenvalue weighted by molar-refractivity contribution is 5.92. The summed E-state index contributed by atoms with van der Waals surface area (Å²) in [5.41, 5.74) is -0.0979. The van der Waals surface area contributed by atoms with E-state index in [-0.39, 0.29) is 35.6 Å². The smallest absolute Gasteiger partial charge is 0.290 e. The highest BCUT2D eigenvalue weighted by Crippen LogP contribution is 2.31. The van der Waals surface area contributed by atoms with Gasteiger partial charge >= 0.3 is 0 Å². The second-order valence-corrected chi connectivity index (χ2v) is 6.01. The van der Waals surface area contributed by atoms with Crippen LogP contribution in [0.5, 0.6) is 0 Å². The average molecular weight is 384 g/mol. The molecule has 3 rings (SSSR count). The van der Waals surface area contributed by atoms with Gasteiger partial charge in [0, 0.05) is 38.4 Å². The van der Waals surface area contributed by atoms with Crippen LogP contribution in [0.1, 0.15) is 23.3 Å². The number of aromatic amines is 1. The van der Waals surface area contributed by atoms with Crippen molar-refractivity contribution in [3.8, 4) is 0 Å². The van der Waals surface area contributed by atoms with E-state index in [0.717, 1.165) is 32.6 Å². The number of carboxylic acid groups (broad SMARTS) is 2. The number of likely N-dealkylation sites (N-methyl/N-ethyl adjacent to an activating group) is 1. The fourth-order valence-electron chi connectivity index (χ4n) is 3.18. The minimum atomic E-state index is -0.351. The first-order chi connectivity index (χ1) is 12.9. The number of piperazine rings is 1. The number of H-pyrrole nitrogens is 1. The summed E-state index contributed by atoms with van der Waals surface area (Å²) >= 11 is 0. The Labute approximate surface area is 155 Å². The summed E-state index contributed by atoms with van der Waals surface area (Å²) in [5.74, 6) is -0.154. The average Bonchev–Trinajstić information content (AvgIpc) is 2.66. The zero-order valence-corrected chi connectivity index (χ0v) is 15.0. The molecule has 0 atom stereocenters. The molecule has 0 aromatic carbocycles. The Morgan fingerprint density at radius 2 is 1.81 bits per heavy atom. The number of hydrogen-bond donors (Lipinski definition) is 3. The third-order valence-electron chi connectivity index (χ3n) is 4.59. The topological polar surface area (TPSA) is 153 Å². The van der Waals surface area contributed by atoms with E-state index in [2.05, 4.69) is 21.9 Å². The number of ether oxygens (including phenoxy) is 1. The number of carbonyl (C=O) groups excluding carboxylic acids is 1. The second kappa shape index (κ2) is 11.0. The molecule has 2 saturated heterocycles. The quantitative estimate of drug-likeness (QED) is 0.523. The Hall–Kier alpha value is -2.79. The second-order valence-electron chi connectivity index (χ2n) is 6.01. The van der Waals surface area contributed by atoms with Crippen molar-refractivity contribution in [2.24, 2.45) is 0 Å². The lowest BCUT2D eigenvalue weighted by molar-refractivity contribution is -0.123. The Morgan fingerprint density at radius 3 is 2.37 bits per heavy atom. The minimum absolute atomic E-state index is 0.00529. The molecule has 1 aromatic heterocycles. The van der Waals surface area contributed by atoms with Crippen LogP contribution in [0.25, 0.3) is 0 Å². The Balaban J connectivity index is 0.000000540. The molecule has 3 N–H and O–H groups in total. The molecular formula is C16H24N4O7. The van der Waals surface area contributed by atoms with E-state index in [1.54, 1.807) is 0 Å². The van der Waals surface area contributed by atoms with E-state index < -0.39 is 0 Å². The molecule has 1 spiro atoms. The van der Waals surface area contributed by atoms with Crippen LogP contribution in [0.4, 0.5) is 0 Å².